The minimum absolute atomic E-state index is 0.00743. The number of hydrogen-bond acceptors (Lipinski definition) is 5. The lowest BCUT2D eigenvalue weighted by atomic mass is 10.2. The van der Waals surface area contributed by atoms with Crippen LogP contribution < -0.4 is 5.69 Å². The summed E-state index contributed by atoms with van der Waals surface area (Å²) in [5, 5.41) is 8.15. The SMILES string of the molecule is Cc1nnc2n1[C@H](C)CN(C(=O)Cn1cccnc1=O)C2. The van der Waals surface area contributed by atoms with Gasteiger partial charge in [0.15, 0.2) is 5.82 Å². The molecule has 0 radical (unpaired) electrons. The maximum atomic E-state index is 12.4. The molecule has 0 unspecified atom stereocenters. The van der Waals surface area contributed by atoms with E-state index in [0.29, 0.717) is 13.1 Å². The molecule has 1 atom stereocenters. The first-order valence-electron chi connectivity index (χ1n) is 6.76. The number of hydrogen-bond donors (Lipinski definition) is 0. The van der Waals surface area contributed by atoms with Crippen LogP contribution in [0.3, 0.4) is 0 Å². The summed E-state index contributed by atoms with van der Waals surface area (Å²) in [5.74, 6) is 1.51. The zero-order chi connectivity index (χ0) is 15.0. The van der Waals surface area contributed by atoms with Crippen LogP contribution >= 0.6 is 0 Å². The van der Waals surface area contributed by atoms with Crippen molar-refractivity contribution >= 4 is 5.91 Å². The molecule has 0 saturated carbocycles. The molecule has 0 fully saturated rings. The van der Waals surface area contributed by atoms with Crippen molar-refractivity contribution in [3.63, 3.8) is 0 Å². The first kappa shape index (κ1) is 13.5. The minimum Gasteiger partial charge on any atom is -0.332 e. The van der Waals surface area contributed by atoms with Crippen molar-refractivity contribution in [1.82, 2.24) is 29.2 Å². The van der Waals surface area contributed by atoms with Gasteiger partial charge in [0.1, 0.15) is 12.4 Å². The quantitative estimate of drug-likeness (QED) is 0.760. The van der Waals surface area contributed by atoms with Gasteiger partial charge in [0, 0.05) is 18.9 Å². The van der Waals surface area contributed by atoms with Crippen LogP contribution in [0.5, 0.6) is 0 Å². The molecule has 0 spiro atoms. The molecule has 0 N–H and O–H groups in total. The predicted octanol–water partition coefficient (Wildman–Crippen LogP) is -0.253. The highest BCUT2D eigenvalue weighted by Crippen LogP contribution is 2.21. The highest BCUT2D eigenvalue weighted by molar-refractivity contribution is 5.76. The molecule has 2 aromatic rings. The van der Waals surface area contributed by atoms with Crippen molar-refractivity contribution in [2.75, 3.05) is 6.54 Å². The van der Waals surface area contributed by atoms with Gasteiger partial charge in [0.2, 0.25) is 5.91 Å². The number of fused-ring (bicyclic) bond motifs is 1. The average molecular weight is 288 g/mol. The Morgan fingerprint density at radius 1 is 1.43 bits per heavy atom. The van der Waals surface area contributed by atoms with Gasteiger partial charge in [0.25, 0.3) is 0 Å². The molecular weight excluding hydrogens is 272 g/mol. The van der Waals surface area contributed by atoms with Gasteiger partial charge >= 0.3 is 5.69 Å². The van der Waals surface area contributed by atoms with Gasteiger partial charge in [-0.3, -0.25) is 9.36 Å². The van der Waals surface area contributed by atoms with Crippen LogP contribution in [-0.2, 0) is 17.9 Å². The molecule has 3 rings (SSSR count). The Hall–Kier alpha value is -2.51. The van der Waals surface area contributed by atoms with Crippen LogP contribution in [0.1, 0.15) is 24.6 Å². The predicted molar refractivity (Wildman–Crippen MR) is 73.4 cm³/mol. The van der Waals surface area contributed by atoms with Gasteiger partial charge < -0.3 is 9.47 Å². The molecular formula is C13H16N6O2. The highest BCUT2D eigenvalue weighted by Gasteiger charge is 2.28. The average Bonchev–Trinajstić information content (AvgIpc) is 2.83. The summed E-state index contributed by atoms with van der Waals surface area (Å²) in [5.41, 5.74) is -0.421. The van der Waals surface area contributed by atoms with Gasteiger partial charge in [-0.25, -0.2) is 9.78 Å². The van der Waals surface area contributed by atoms with Gasteiger partial charge in [0.05, 0.1) is 12.6 Å². The zero-order valence-electron chi connectivity index (χ0n) is 11.9. The summed E-state index contributed by atoms with van der Waals surface area (Å²) in [4.78, 5) is 29.3. The van der Waals surface area contributed by atoms with Crippen LogP contribution in [0.4, 0.5) is 0 Å². The van der Waals surface area contributed by atoms with E-state index in [2.05, 4.69) is 15.2 Å². The fourth-order valence-corrected chi connectivity index (χ4v) is 2.67. The van der Waals surface area contributed by atoms with Crippen LogP contribution in [0, 0.1) is 6.92 Å². The van der Waals surface area contributed by atoms with Crippen molar-refractivity contribution < 1.29 is 4.79 Å². The first-order valence-corrected chi connectivity index (χ1v) is 6.76. The maximum absolute atomic E-state index is 12.4. The molecule has 1 aliphatic rings. The Kier molecular flexibility index (Phi) is 3.28. The maximum Gasteiger partial charge on any atom is 0.347 e. The van der Waals surface area contributed by atoms with Crippen molar-refractivity contribution in [2.24, 2.45) is 0 Å². The number of amides is 1. The van der Waals surface area contributed by atoms with Crippen LogP contribution in [0.25, 0.3) is 0 Å². The first-order chi connectivity index (χ1) is 10.1. The summed E-state index contributed by atoms with van der Waals surface area (Å²) in [6, 6.07) is 1.76. The van der Waals surface area contributed by atoms with E-state index in [-0.39, 0.29) is 18.5 Å². The fraction of sp³-hybridized carbons (Fsp3) is 0.462. The van der Waals surface area contributed by atoms with Gasteiger partial charge in [-0.05, 0) is 19.9 Å². The van der Waals surface area contributed by atoms with E-state index < -0.39 is 5.69 Å². The van der Waals surface area contributed by atoms with E-state index in [1.165, 1.54) is 10.8 Å². The van der Waals surface area contributed by atoms with Gasteiger partial charge in [-0.1, -0.05) is 0 Å². The summed E-state index contributed by atoms with van der Waals surface area (Å²) in [6.07, 6.45) is 2.98. The Morgan fingerprint density at radius 3 is 3.00 bits per heavy atom. The number of carbonyl (C=O) groups excluding carboxylic acids is 1. The third-order valence-electron chi connectivity index (χ3n) is 3.64. The minimum atomic E-state index is -0.421. The molecule has 1 aliphatic heterocycles. The molecule has 21 heavy (non-hydrogen) atoms. The van der Waals surface area contributed by atoms with E-state index in [0.717, 1.165) is 11.6 Å². The molecule has 0 bridgehead atoms. The summed E-state index contributed by atoms with van der Waals surface area (Å²) in [6.45, 7) is 4.92. The molecule has 3 heterocycles. The number of rotatable bonds is 2. The van der Waals surface area contributed by atoms with Gasteiger partial charge in [-0.2, -0.15) is 0 Å². The van der Waals surface area contributed by atoms with E-state index in [9.17, 15) is 9.59 Å². The molecule has 110 valence electrons. The van der Waals surface area contributed by atoms with Crippen molar-refractivity contribution in [1.29, 1.82) is 0 Å². The number of aryl methyl sites for hydroxylation is 1. The van der Waals surface area contributed by atoms with Crippen LogP contribution in [0.15, 0.2) is 23.3 Å². The highest BCUT2D eigenvalue weighted by atomic mass is 16.2. The molecule has 8 heteroatoms. The van der Waals surface area contributed by atoms with E-state index in [4.69, 9.17) is 0 Å². The van der Waals surface area contributed by atoms with Crippen LogP contribution in [-0.4, -0.2) is 41.7 Å². The molecule has 0 aliphatic carbocycles. The number of nitrogens with zero attached hydrogens (tertiary/aromatic N) is 6. The standard InChI is InChI=1S/C13H16N6O2/c1-9-6-18(7-11-16-15-10(2)19(9)11)12(20)8-17-5-3-4-14-13(17)21/h3-5,9H,6-8H2,1-2H3/t9-/m1/s1. The summed E-state index contributed by atoms with van der Waals surface area (Å²) < 4.78 is 3.34. The van der Waals surface area contributed by atoms with Crippen molar-refractivity contribution in [3.05, 3.63) is 40.6 Å². The smallest absolute Gasteiger partial charge is 0.332 e. The lowest BCUT2D eigenvalue weighted by Gasteiger charge is -2.32. The second kappa shape index (κ2) is 5.12. The lowest BCUT2D eigenvalue weighted by molar-refractivity contribution is -0.134. The second-order valence-corrected chi connectivity index (χ2v) is 5.19. The van der Waals surface area contributed by atoms with Crippen molar-refractivity contribution in [2.45, 2.75) is 33.0 Å². The summed E-state index contributed by atoms with van der Waals surface area (Å²) in [7, 11) is 0. The van der Waals surface area contributed by atoms with Crippen LogP contribution in [0.2, 0.25) is 0 Å². The Balaban J connectivity index is 1.78. The zero-order valence-corrected chi connectivity index (χ0v) is 11.9. The molecule has 2 aromatic heterocycles. The summed E-state index contributed by atoms with van der Waals surface area (Å²) >= 11 is 0. The largest absolute Gasteiger partial charge is 0.347 e. The molecule has 1 amide bonds. The Morgan fingerprint density at radius 2 is 2.24 bits per heavy atom. The van der Waals surface area contributed by atoms with E-state index in [1.807, 2.05) is 18.4 Å². The van der Waals surface area contributed by atoms with E-state index in [1.54, 1.807) is 17.2 Å². The normalized spacial score (nSPS) is 17.6. The molecule has 0 saturated heterocycles. The Bertz CT molecular complexity index is 734. The van der Waals surface area contributed by atoms with Crippen molar-refractivity contribution in [3.8, 4) is 0 Å². The third-order valence-corrected chi connectivity index (χ3v) is 3.64. The Labute approximate surface area is 121 Å². The fourth-order valence-electron chi connectivity index (χ4n) is 2.67. The topological polar surface area (TPSA) is 85.9 Å². The lowest BCUT2D eigenvalue weighted by Crippen LogP contribution is -2.43. The monoisotopic (exact) mass is 288 g/mol. The third kappa shape index (κ3) is 2.44. The second-order valence-electron chi connectivity index (χ2n) is 5.19. The van der Waals surface area contributed by atoms with Gasteiger partial charge in [-0.15, -0.1) is 10.2 Å². The number of carbonyl (C=O) groups is 1. The molecule has 8 nitrogen and oxygen atoms in total. The van der Waals surface area contributed by atoms with E-state index >= 15 is 0 Å². The number of aromatic nitrogens is 5. The molecule has 0 aromatic carbocycles.